The first kappa shape index (κ1) is 7.02. The highest BCUT2D eigenvalue weighted by Crippen LogP contribution is 2.33. The van der Waals surface area contributed by atoms with Crippen molar-refractivity contribution in [2.75, 3.05) is 12.9 Å². The molecule has 0 radical (unpaired) electrons. The molecule has 0 unspecified atom stereocenters. The van der Waals surface area contributed by atoms with Gasteiger partial charge in [-0.25, -0.2) is 4.79 Å². The minimum absolute atomic E-state index is 0.201. The molecule has 0 bridgehead atoms. The van der Waals surface area contributed by atoms with Gasteiger partial charge in [-0.15, -0.1) is 0 Å². The van der Waals surface area contributed by atoms with Crippen LogP contribution in [0.3, 0.4) is 0 Å². The SMILES string of the molecule is COC(=O)C1=CSSC1. The van der Waals surface area contributed by atoms with Crippen LogP contribution >= 0.6 is 21.6 Å². The standard InChI is InChI=1S/C5H6O2S2/c1-7-5(6)4-2-8-9-3-4/h2H,3H2,1H3. The molecule has 9 heavy (non-hydrogen) atoms. The van der Waals surface area contributed by atoms with E-state index in [1.54, 1.807) is 21.6 Å². The Morgan fingerprint density at radius 1 is 1.89 bits per heavy atom. The Labute approximate surface area is 61.4 Å². The Balaban J connectivity index is 2.51. The molecule has 1 heterocycles. The van der Waals surface area contributed by atoms with Gasteiger partial charge in [-0.2, -0.15) is 0 Å². The van der Waals surface area contributed by atoms with Crippen molar-refractivity contribution in [3.63, 3.8) is 0 Å². The van der Waals surface area contributed by atoms with E-state index in [0.717, 1.165) is 11.3 Å². The molecule has 1 aliphatic rings. The van der Waals surface area contributed by atoms with Crippen LogP contribution in [0.2, 0.25) is 0 Å². The molecule has 1 aliphatic heterocycles. The summed E-state index contributed by atoms with van der Waals surface area (Å²) in [6, 6.07) is 0. The monoisotopic (exact) mass is 162 g/mol. The predicted molar refractivity (Wildman–Crippen MR) is 40.1 cm³/mol. The van der Waals surface area contributed by atoms with Crippen LogP contribution in [0, 0.1) is 0 Å². The van der Waals surface area contributed by atoms with Gasteiger partial charge in [0.1, 0.15) is 0 Å². The molecule has 1 rings (SSSR count). The van der Waals surface area contributed by atoms with Gasteiger partial charge in [-0.1, -0.05) is 21.6 Å². The molecule has 0 aromatic carbocycles. The summed E-state index contributed by atoms with van der Waals surface area (Å²) in [5, 5.41) is 1.83. The fraction of sp³-hybridized carbons (Fsp3) is 0.400. The van der Waals surface area contributed by atoms with E-state index in [2.05, 4.69) is 4.74 Å². The molecule has 50 valence electrons. The second-order valence-electron chi connectivity index (χ2n) is 1.49. The quantitative estimate of drug-likeness (QED) is 0.430. The van der Waals surface area contributed by atoms with Crippen molar-refractivity contribution in [3.8, 4) is 0 Å². The maximum Gasteiger partial charge on any atom is 0.335 e. The highest BCUT2D eigenvalue weighted by molar-refractivity contribution is 8.78. The first-order valence-corrected chi connectivity index (χ1v) is 4.78. The number of esters is 1. The van der Waals surface area contributed by atoms with Crippen LogP contribution in [-0.2, 0) is 9.53 Å². The van der Waals surface area contributed by atoms with Crippen molar-refractivity contribution in [1.29, 1.82) is 0 Å². The van der Waals surface area contributed by atoms with Crippen molar-refractivity contribution < 1.29 is 9.53 Å². The summed E-state index contributed by atoms with van der Waals surface area (Å²) < 4.78 is 4.50. The lowest BCUT2D eigenvalue weighted by Crippen LogP contribution is -2.03. The fourth-order valence-electron chi connectivity index (χ4n) is 0.462. The van der Waals surface area contributed by atoms with Gasteiger partial charge in [0.25, 0.3) is 0 Å². The maximum atomic E-state index is 10.7. The Kier molecular flexibility index (Phi) is 2.48. The third-order valence-electron chi connectivity index (χ3n) is 0.920. The van der Waals surface area contributed by atoms with Crippen molar-refractivity contribution in [1.82, 2.24) is 0 Å². The Morgan fingerprint density at radius 3 is 3.11 bits per heavy atom. The van der Waals surface area contributed by atoms with Gasteiger partial charge in [0, 0.05) is 5.75 Å². The largest absolute Gasteiger partial charge is 0.466 e. The van der Waals surface area contributed by atoms with Gasteiger partial charge in [0.15, 0.2) is 0 Å². The average Bonchev–Trinajstić information content (AvgIpc) is 2.37. The van der Waals surface area contributed by atoms with Crippen LogP contribution in [0.1, 0.15) is 0 Å². The van der Waals surface area contributed by atoms with Crippen molar-refractivity contribution >= 4 is 27.6 Å². The summed E-state index contributed by atoms with van der Waals surface area (Å²) in [6.45, 7) is 0. The summed E-state index contributed by atoms with van der Waals surface area (Å²) in [4.78, 5) is 10.7. The molecule has 0 aliphatic carbocycles. The number of carbonyl (C=O) groups excluding carboxylic acids is 1. The van der Waals surface area contributed by atoms with E-state index in [9.17, 15) is 4.79 Å². The molecular weight excluding hydrogens is 156 g/mol. The molecule has 0 N–H and O–H groups in total. The van der Waals surface area contributed by atoms with E-state index >= 15 is 0 Å². The second-order valence-corrected chi connectivity index (χ2v) is 3.73. The summed E-state index contributed by atoms with van der Waals surface area (Å²) in [6.07, 6.45) is 0. The van der Waals surface area contributed by atoms with Gasteiger partial charge in [0.2, 0.25) is 0 Å². The van der Waals surface area contributed by atoms with E-state index in [4.69, 9.17) is 0 Å². The van der Waals surface area contributed by atoms with Crippen LogP contribution in [-0.4, -0.2) is 18.8 Å². The van der Waals surface area contributed by atoms with Crippen LogP contribution in [0.25, 0.3) is 0 Å². The van der Waals surface area contributed by atoms with Crippen LogP contribution in [0.15, 0.2) is 11.0 Å². The van der Waals surface area contributed by atoms with E-state index in [0.29, 0.717) is 0 Å². The van der Waals surface area contributed by atoms with Crippen molar-refractivity contribution in [2.24, 2.45) is 0 Å². The molecule has 0 saturated heterocycles. The third-order valence-corrected chi connectivity index (χ3v) is 2.92. The van der Waals surface area contributed by atoms with Gasteiger partial charge in [0.05, 0.1) is 12.7 Å². The summed E-state index contributed by atoms with van der Waals surface area (Å²) in [5.74, 6) is 0.574. The number of hydrogen-bond acceptors (Lipinski definition) is 4. The van der Waals surface area contributed by atoms with E-state index < -0.39 is 0 Å². The van der Waals surface area contributed by atoms with Gasteiger partial charge in [-0.05, 0) is 5.41 Å². The first-order valence-electron chi connectivity index (χ1n) is 2.40. The highest BCUT2D eigenvalue weighted by atomic mass is 33.1. The average molecular weight is 162 g/mol. The van der Waals surface area contributed by atoms with Crippen molar-refractivity contribution in [2.45, 2.75) is 0 Å². The summed E-state index contributed by atoms with van der Waals surface area (Å²) in [5.41, 5.74) is 0.771. The lowest BCUT2D eigenvalue weighted by atomic mass is 10.4. The number of ether oxygens (including phenoxy) is 1. The zero-order chi connectivity index (χ0) is 6.69. The zero-order valence-corrected chi connectivity index (χ0v) is 6.55. The highest BCUT2D eigenvalue weighted by Gasteiger charge is 2.13. The summed E-state index contributed by atoms with van der Waals surface area (Å²) >= 11 is 0. The molecule has 2 nitrogen and oxygen atoms in total. The Hall–Kier alpha value is -0.0900. The molecule has 0 aromatic rings. The molecule has 0 atom stereocenters. The van der Waals surface area contributed by atoms with Crippen LogP contribution in [0.4, 0.5) is 0 Å². The Bertz CT molecular complexity index is 153. The number of hydrogen-bond donors (Lipinski definition) is 0. The number of methoxy groups -OCH3 is 1. The molecule has 0 fully saturated rings. The third kappa shape index (κ3) is 1.66. The van der Waals surface area contributed by atoms with Gasteiger partial charge in [-0.3, -0.25) is 0 Å². The first-order chi connectivity index (χ1) is 4.34. The maximum absolute atomic E-state index is 10.7. The van der Waals surface area contributed by atoms with Gasteiger partial charge < -0.3 is 4.74 Å². The van der Waals surface area contributed by atoms with E-state index in [-0.39, 0.29) is 5.97 Å². The van der Waals surface area contributed by atoms with E-state index in [1.165, 1.54) is 7.11 Å². The Morgan fingerprint density at radius 2 is 2.67 bits per heavy atom. The molecule has 0 amide bonds. The number of rotatable bonds is 1. The zero-order valence-electron chi connectivity index (χ0n) is 4.92. The molecular formula is C5H6O2S2. The van der Waals surface area contributed by atoms with Gasteiger partial charge >= 0.3 is 5.97 Å². The van der Waals surface area contributed by atoms with Crippen LogP contribution < -0.4 is 0 Å². The molecule has 0 aromatic heterocycles. The van der Waals surface area contributed by atoms with Crippen molar-refractivity contribution in [3.05, 3.63) is 11.0 Å². The van der Waals surface area contributed by atoms with Crippen LogP contribution in [0.5, 0.6) is 0 Å². The predicted octanol–water partition coefficient (Wildman–Crippen LogP) is 1.44. The van der Waals surface area contributed by atoms with E-state index in [1.807, 2.05) is 5.41 Å². The second kappa shape index (κ2) is 3.17. The minimum atomic E-state index is -0.201. The number of carbonyl (C=O) groups is 1. The minimum Gasteiger partial charge on any atom is -0.466 e. The lowest BCUT2D eigenvalue weighted by molar-refractivity contribution is -0.135. The fourth-order valence-corrected chi connectivity index (χ4v) is 2.46. The normalized spacial score (nSPS) is 17.2. The smallest absolute Gasteiger partial charge is 0.335 e. The summed E-state index contributed by atoms with van der Waals surface area (Å²) in [7, 11) is 4.63. The molecule has 0 spiro atoms. The lowest BCUT2D eigenvalue weighted by Gasteiger charge is -1.94. The molecule has 4 heteroatoms. The molecule has 0 saturated carbocycles. The topological polar surface area (TPSA) is 26.3 Å².